The second-order valence-corrected chi connectivity index (χ2v) is 8.08. The van der Waals surface area contributed by atoms with Gasteiger partial charge in [-0.05, 0) is 42.9 Å². The van der Waals surface area contributed by atoms with Crippen LogP contribution in [0.4, 0.5) is 4.39 Å². The molecule has 0 saturated carbocycles. The maximum atomic E-state index is 14.0. The van der Waals surface area contributed by atoms with E-state index in [0.717, 1.165) is 36.5 Å². The number of nitrogens with one attached hydrogen (secondary N) is 1. The van der Waals surface area contributed by atoms with Gasteiger partial charge in [-0.2, -0.15) is 0 Å². The number of aromatic nitrogens is 1. The molecule has 3 aromatic rings. The summed E-state index contributed by atoms with van der Waals surface area (Å²) in [7, 11) is 1.59. The van der Waals surface area contributed by atoms with E-state index in [4.69, 9.17) is 9.47 Å². The van der Waals surface area contributed by atoms with Crippen LogP contribution in [0.2, 0.25) is 0 Å². The van der Waals surface area contributed by atoms with Crippen molar-refractivity contribution in [1.82, 2.24) is 15.2 Å². The molecule has 8 heteroatoms. The standard InChI is InChI=1S/C24H28FN3O3S/c1-4-28(5-2)12-13-31-20-11-10-17(14-21(20)30-3)15-26-23(29)22-16-27-24(32-22)18-8-6-7-9-19(18)25/h6-11,14,16H,4-5,12-13,15H2,1-3H3,(H,26,29). The molecule has 0 aliphatic carbocycles. The first-order valence-electron chi connectivity index (χ1n) is 10.6. The van der Waals surface area contributed by atoms with Crippen LogP contribution in [-0.4, -0.2) is 49.1 Å². The molecule has 0 fully saturated rings. The number of benzene rings is 2. The van der Waals surface area contributed by atoms with E-state index < -0.39 is 0 Å². The SMILES string of the molecule is CCN(CC)CCOc1ccc(CNC(=O)c2cnc(-c3ccccc3F)s2)cc1OC. The van der Waals surface area contributed by atoms with Gasteiger partial charge < -0.3 is 19.7 Å². The Kier molecular flexibility index (Phi) is 8.58. The van der Waals surface area contributed by atoms with Crippen molar-refractivity contribution in [2.45, 2.75) is 20.4 Å². The molecule has 3 rings (SSSR count). The zero-order valence-corrected chi connectivity index (χ0v) is 19.4. The van der Waals surface area contributed by atoms with E-state index in [2.05, 4.69) is 29.0 Å². The molecular formula is C24H28FN3O3S. The number of methoxy groups -OCH3 is 1. The molecule has 0 bridgehead atoms. The van der Waals surface area contributed by atoms with E-state index in [1.807, 2.05) is 18.2 Å². The minimum Gasteiger partial charge on any atom is -0.493 e. The van der Waals surface area contributed by atoms with E-state index in [1.165, 1.54) is 12.3 Å². The van der Waals surface area contributed by atoms with Crippen LogP contribution in [0.25, 0.3) is 10.6 Å². The van der Waals surface area contributed by atoms with E-state index in [9.17, 15) is 9.18 Å². The van der Waals surface area contributed by atoms with E-state index in [1.54, 1.807) is 25.3 Å². The predicted molar refractivity (Wildman–Crippen MR) is 125 cm³/mol. The number of ether oxygens (including phenoxy) is 2. The Labute approximate surface area is 192 Å². The summed E-state index contributed by atoms with van der Waals surface area (Å²) in [6.45, 7) is 7.96. The Balaban J connectivity index is 1.58. The van der Waals surface area contributed by atoms with Crippen molar-refractivity contribution >= 4 is 17.2 Å². The molecule has 0 radical (unpaired) electrons. The molecule has 0 atom stereocenters. The van der Waals surface area contributed by atoms with Crippen LogP contribution in [0.5, 0.6) is 11.5 Å². The molecule has 2 aromatic carbocycles. The van der Waals surface area contributed by atoms with Crippen molar-refractivity contribution in [2.75, 3.05) is 33.4 Å². The zero-order chi connectivity index (χ0) is 22.9. The van der Waals surface area contributed by atoms with Gasteiger partial charge in [-0.3, -0.25) is 4.79 Å². The van der Waals surface area contributed by atoms with Gasteiger partial charge in [-0.1, -0.05) is 32.0 Å². The van der Waals surface area contributed by atoms with Crippen LogP contribution in [0, 0.1) is 5.82 Å². The van der Waals surface area contributed by atoms with Gasteiger partial charge in [0.1, 0.15) is 22.3 Å². The fourth-order valence-electron chi connectivity index (χ4n) is 3.17. The van der Waals surface area contributed by atoms with Crippen LogP contribution < -0.4 is 14.8 Å². The molecular weight excluding hydrogens is 429 g/mol. The maximum Gasteiger partial charge on any atom is 0.263 e. The van der Waals surface area contributed by atoms with Crippen LogP contribution in [0.1, 0.15) is 29.1 Å². The van der Waals surface area contributed by atoms with Crippen molar-refractivity contribution in [2.24, 2.45) is 0 Å². The van der Waals surface area contributed by atoms with Crippen molar-refractivity contribution in [3.63, 3.8) is 0 Å². The van der Waals surface area contributed by atoms with Crippen LogP contribution in [0.15, 0.2) is 48.7 Å². The lowest BCUT2D eigenvalue weighted by molar-refractivity contribution is 0.0954. The highest BCUT2D eigenvalue weighted by Gasteiger charge is 2.14. The quantitative estimate of drug-likeness (QED) is 0.456. The average Bonchev–Trinajstić information content (AvgIpc) is 3.31. The monoisotopic (exact) mass is 457 g/mol. The molecule has 6 nitrogen and oxygen atoms in total. The number of thiazole rings is 1. The molecule has 1 N–H and O–H groups in total. The summed E-state index contributed by atoms with van der Waals surface area (Å²) in [5.41, 5.74) is 1.27. The molecule has 1 heterocycles. The van der Waals surface area contributed by atoms with Gasteiger partial charge in [-0.15, -0.1) is 11.3 Å². The lowest BCUT2D eigenvalue weighted by Gasteiger charge is -2.19. The highest BCUT2D eigenvalue weighted by atomic mass is 32.1. The first-order valence-corrected chi connectivity index (χ1v) is 11.4. The molecule has 170 valence electrons. The number of rotatable bonds is 11. The summed E-state index contributed by atoms with van der Waals surface area (Å²) >= 11 is 1.16. The molecule has 1 amide bonds. The van der Waals surface area contributed by atoms with Gasteiger partial charge in [0.25, 0.3) is 5.91 Å². The first kappa shape index (κ1) is 23.7. The summed E-state index contributed by atoms with van der Waals surface area (Å²) in [6, 6.07) is 12.0. The summed E-state index contributed by atoms with van der Waals surface area (Å²) in [5.74, 6) is 0.673. The third-order valence-electron chi connectivity index (χ3n) is 5.07. The first-order chi connectivity index (χ1) is 15.5. The number of hydrogen-bond donors (Lipinski definition) is 1. The summed E-state index contributed by atoms with van der Waals surface area (Å²) < 4.78 is 25.3. The van der Waals surface area contributed by atoms with Gasteiger partial charge >= 0.3 is 0 Å². The third kappa shape index (κ3) is 6.05. The molecule has 0 aliphatic heterocycles. The maximum absolute atomic E-state index is 14.0. The molecule has 0 aliphatic rings. The highest BCUT2D eigenvalue weighted by Crippen LogP contribution is 2.29. The smallest absolute Gasteiger partial charge is 0.263 e. The lowest BCUT2D eigenvalue weighted by atomic mass is 10.2. The third-order valence-corrected chi connectivity index (χ3v) is 6.10. The van der Waals surface area contributed by atoms with E-state index >= 15 is 0 Å². The topological polar surface area (TPSA) is 63.7 Å². The predicted octanol–water partition coefficient (Wildman–Crippen LogP) is 4.61. The van der Waals surface area contributed by atoms with Crippen molar-refractivity contribution in [3.8, 4) is 22.1 Å². The van der Waals surface area contributed by atoms with E-state index in [0.29, 0.717) is 40.1 Å². The molecule has 0 saturated heterocycles. The zero-order valence-electron chi connectivity index (χ0n) is 18.6. The van der Waals surface area contributed by atoms with Crippen molar-refractivity contribution in [3.05, 3.63) is 64.9 Å². The largest absolute Gasteiger partial charge is 0.493 e. The van der Waals surface area contributed by atoms with Gasteiger partial charge in [-0.25, -0.2) is 9.37 Å². The fourth-order valence-corrected chi connectivity index (χ4v) is 4.03. The Hall–Kier alpha value is -2.97. The Bertz CT molecular complexity index is 1040. The highest BCUT2D eigenvalue weighted by molar-refractivity contribution is 7.16. The number of amides is 1. The number of nitrogens with zero attached hydrogens (tertiary/aromatic N) is 2. The molecule has 0 spiro atoms. The summed E-state index contributed by atoms with van der Waals surface area (Å²) in [5, 5.41) is 3.35. The lowest BCUT2D eigenvalue weighted by Crippen LogP contribution is -2.28. The normalized spacial score (nSPS) is 10.9. The van der Waals surface area contributed by atoms with Crippen LogP contribution >= 0.6 is 11.3 Å². The number of likely N-dealkylation sites (N-methyl/N-ethyl adjacent to an activating group) is 1. The minimum absolute atomic E-state index is 0.261. The summed E-state index contributed by atoms with van der Waals surface area (Å²) in [6.07, 6.45) is 1.47. The number of halogens is 1. The molecule has 32 heavy (non-hydrogen) atoms. The molecule has 1 aromatic heterocycles. The number of hydrogen-bond acceptors (Lipinski definition) is 6. The van der Waals surface area contributed by atoms with Gasteiger partial charge in [0.15, 0.2) is 11.5 Å². The minimum atomic E-state index is -0.361. The second-order valence-electron chi connectivity index (χ2n) is 7.05. The second kappa shape index (κ2) is 11.6. The van der Waals surface area contributed by atoms with Crippen LogP contribution in [-0.2, 0) is 6.54 Å². The average molecular weight is 458 g/mol. The van der Waals surface area contributed by atoms with Gasteiger partial charge in [0.05, 0.1) is 13.3 Å². The van der Waals surface area contributed by atoms with E-state index in [-0.39, 0.29) is 11.7 Å². The van der Waals surface area contributed by atoms with Gasteiger partial charge in [0.2, 0.25) is 0 Å². The Morgan fingerprint density at radius 2 is 1.94 bits per heavy atom. The Morgan fingerprint density at radius 3 is 2.66 bits per heavy atom. The van der Waals surface area contributed by atoms with Crippen molar-refractivity contribution < 1.29 is 18.7 Å². The fraction of sp³-hybridized carbons (Fsp3) is 0.333. The summed E-state index contributed by atoms with van der Waals surface area (Å²) in [4.78, 5) is 19.4. The van der Waals surface area contributed by atoms with Gasteiger partial charge in [0, 0.05) is 18.7 Å². The molecule has 0 unspecified atom stereocenters. The number of carbonyl (C=O) groups is 1. The van der Waals surface area contributed by atoms with Crippen molar-refractivity contribution in [1.29, 1.82) is 0 Å². The Morgan fingerprint density at radius 1 is 1.16 bits per heavy atom. The van der Waals surface area contributed by atoms with Crippen LogP contribution in [0.3, 0.4) is 0 Å². The number of carbonyl (C=O) groups excluding carboxylic acids is 1.